The molecule has 94 valence electrons. The second-order valence-electron chi connectivity index (χ2n) is 3.90. The number of hydrogen-bond acceptors (Lipinski definition) is 3. The molecule has 0 N–H and O–H groups in total. The third-order valence-corrected chi connectivity index (χ3v) is 2.77. The van der Waals surface area contributed by atoms with Crippen LogP contribution in [0, 0.1) is 0 Å². The fourth-order valence-corrected chi connectivity index (χ4v) is 1.87. The maximum atomic E-state index is 12.6. The first-order valence-electron chi connectivity index (χ1n) is 5.30. The highest BCUT2D eigenvalue weighted by Crippen LogP contribution is 2.34. The fraction of sp³-hybridized carbons (Fsp3) is 0.600. The molecule has 0 atom stereocenters. The zero-order valence-corrected chi connectivity index (χ0v) is 9.89. The summed E-state index contributed by atoms with van der Waals surface area (Å²) in [5.41, 5.74) is -0.994. The average molecular weight is 266 g/mol. The largest absolute Gasteiger partial charge is 0.433 e. The van der Waals surface area contributed by atoms with Gasteiger partial charge in [0.1, 0.15) is 5.82 Å². The van der Waals surface area contributed by atoms with Crippen LogP contribution in [0.2, 0.25) is 5.28 Å². The lowest BCUT2D eigenvalue weighted by Crippen LogP contribution is -2.27. The van der Waals surface area contributed by atoms with Gasteiger partial charge in [-0.3, -0.25) is 0 Å². The van der Waals surface area contributed by atoms with Crippen molar-refractivity contribution in [2.75, 3.05) is 11.4 Å². The van der Waals surface area contributed by atoms with Crippen molar-refractivity contribution in [3.8, 4) is 0 Å². The number of halogens is 4. The summed E-state index contributed by atoms with van der Waals surface area (Å²) < 4.78 is 37.7. The molecule has 17 heavy (non-hydrogen) atoms. The van der Waals surface area contributed by atoms with Gasteiger partial charge in [-0.2, -0.15) is 13.2 Å². The molecule has 2 rings (SSSR count). The molecule has 0 unspecified atom stereocenters. The van der Waals surface area contributed by atoms with E-state index in [1.54, 1.807) is 0 Å². The molecule has 0 radical (unpaired) electrons. The number of rotatable bonds is 3. The molecule has 1 aromatic rings. The van der Waals surface area contributed by atoms with Crippen LogP contribution in [0.1, 0.15) is 25.5 Å². The predicted molar refractivity (Wildman–Crippen MR) is 58.1 cm³/mol. The molecular formula is C10H11ClF3N3. The first-order valence-corrected chi connectivity index (χ1v) is 5.68. The lowest BCUT2D eigenvalue weighted by molar-refractivity contribution is -0.141. The van der Waals surface area contributed by atoms with E-state index >= 15 is 0 Å². The van der Waals surface area contributed by atoms with Gasteiger partial charge in [-0.1, -0.05) is 0 Å². The highest BCUT2D eigenvalue weighted by Gasteiger charge is 2.35. The third kappa shape index (κ3) is 2.80. The third-order valence-electron chi connectivity index (χ3n) is 2.60. The van der Waals surface area contributed by atoms with E-state index in [1.165, 1.54) is 0 Å². The number of anilines is 1. The number of nitrogens with zero attached hydrogens (tertiary/aromatic N) is 3. The summed E-state index contributed by atoms with van der Waals surface area (Å²) in [6, 6.07) is 1.24. The lowest BCUT2D eigenvalue weighted by Gasteiger charge is -2.22. The monoisotopic (exact) mass is 265 g/mol. The van der Waals surface area contributed by atoms with Crippen LogP contribution in [0.15, 0.2) is 6.07 Å². The molecule has 0 spiro atoms. The average Bonchev–Trinajstić information content (AvgIpc) is 3.01. The minimum Gasteiger partial charge on any atom is -0.354 e. The Kier molecular flexibility index (Phi) is 3.16. The summed E-state index contributed by atoms with van der Waals surface area (Å²) in [6.45, 7) is 2.48. The van der Waals surface area contributed by atoms with Crippen LogP contribution in [0.25, 0.3) is 0 Å². The summed E-state index contributed by atoms with van der Waals surface area (Å²) in [6.07, 6.45) is -2.53. The van der Waals surface area contributed by atoms with Gasteiger partial charge in [0.25, 0.3) is 0 Å². The van der Waals surface area contributed by atoms with E-state index in [0.29, 0.717) is 6.54 Å². The molecule has 0 aliphatic heterocycles. The fourth-order valence-electron chi connectivity index (χ4n) is 1.69. The Bertz CT molecular complexity index is 418. The van der Waals surface area contributed by atoms with Crippen molar-refractivity contribution in [3.63, 3.8) is 0 Å². The van der Waals surface area contributed by atoms with Crippen LogP contribution in [0.5, 0.6) is 0 Å². The Morgan fingerprint density at radius 1 is 1.41 bits per heavy atom. The van der Waals surface area contributed by atoms with Crippen molar-refractivity contribution < 1.29 is 13.2 Å². The van der Waals surface area contributed by atoms with E-state index in [0.717, 1.165) is 18.9 Å². The maximum absolute atomic E-state index is 12.6. The molecule has 1 aromatic heterocycles. The molecule has 0 amide bonds. The summed E-state index contributed by atoms with van der Waals surface area (Å²) in [5, 5.41) is -0.367. The molecular weight excluding hydrogens is 255 g/mol. The zero-order chi connectivity index (χ0) is 12.6. The van der Waals surface area contributed by atoms with Gasteiger partial charge in [0.15, 0.2) is 5.69 Å². The SMILES string of the molecule is CCN(c1cc(C(F)(F)F)nc(Cl)n1)C1CC1. The molecule has 1 aliphatic carbocycles. The van der Waals surface area contributed by atoms with Crippen LogP contribution in [0.4, 0.5) is 19.0 Å². The minimum atomic E-state index is -4.50. The molecule has 3 nitrogen and oxygen atoms in total. The molecule has 0 aromatic carbocycles. The normalized spacial score (nSPS) is 16.1. The quantitative estimate of drug-likeness (QED) is 0.786. The lowest BCUT2D eigenvalue weighted by atomic mass is 10.3. The van der Waals surface area contributed by atoms with E-state index < -0.39 is 11.9 Å². The zero-order valence-electron chi connectivity index (χ0n) is 9.13. The second kappa shape index (κ2) is 4.33. The van der Waals surface area contributed by atoms with Gasteiger partial charge in [-0.25, -0.2) is 9.97 Å². The van der Waals surface area contributed by atoms with Gasteiger partial charge in [-0.05, 0) is 31.4 Å². The number of hydrogen-bond donors (Lipinski definition) is 0. The molecule has 1 aliphatic rings. The van der Waals surface area contributed by atoms with Crippen molar-refractivity contribution >= 4 is 17.4 Å². The molecule has 1 fully saturated rings. The molecule has 0 bridgehead atoms. The van der Waals surface area contributed by atoms with Crippen LogP contribution >= 0.6 is 11.6 Å². The molecule has 7 heteroatoms. The van der Waals surface area contributed by atoms with Crippen LogP contribution < -0.4 is 4.90 Å². The Morgan fingerprint density at radius 3 is 2.53 bits per heavy atom. The van der Waals surface area contributed by atoms with Gasteiger partial charge in [-0.15, -0.1) is 0 Å². The standard InChI is InChI=1S/C10H11ClF3N3/c1-2-17(6-3-4-6)8-5-7(10(12,13)14)15-9(11)16-8/h5-6H,2-4H2,1H3. The summed E-state index contributed by atoms with van der Waals surface area (Å²) >= 11 is 5.53. The minimum absolute atomic E-state index is 0.252. The summed E-state index contributed by atoms with van der Waals surface area (Å²) in [5.74, 6) is 0.252. The summed E-state index contributed by atoms with van der Waals surface area (Å²) in [7, 11) is 0. The first kappa shape index (κ1) is 12.4. The van der Waals surface area contributed by atoms with Crippen molar-refractivity contribution in [3.05, 3.63) is 17.0 Å². The molecule has 0 saturated heterocycles. The number of alkyl halides is 3. The van der Waals surface area contributed by atoms with Crippen LogP contribution in [0.3, 0.4) is 0 Å². The van der Waals surface area contributed by atoms with Gasteiger partial charge in [0, 0.05) is 18.7 Å². The van der Waals surface area contributed by atoms with Crippen molar-refractivity contribution in [1.82, 2.24) is 9.97 Å². The van der Waals surface area contributed by atoms with Crippen molar-refractivity contribution in [2.24, 2.45) is 0 Å². The topological polar surface area (TPSA) is 29.0 Å². The van der Waals surface area contributed by atoms with Crippen molar-refractivity contribution in [1.29, 1.82) is 0 Å². The number of aromatic nitrogens is 2. The van der Waals surface area contributed by atoms with Gasteiger partial charge in [0.05, 0.1) is 0 Å². The van der Waals surface area contributed by atoms with Crippen molar-refractivity contribution in [2.45, 2.75) is 32.0 Å². The smallest absolute Gasteiger partial charge is 0.354 e. The Morgan fingerprint density at radius 2 is 2.06 bits per heavy atom. The van der Waals surface area contributed by atoms with E-state index in [2.05, 4.69) is 9.97 Å². The highest BCUT2D eigenvalue weighted by atomic mass is 35.5. The van der Waals surface area contributed by atoms with Crippen LogP contribution in [-0.2, 0) is 6.18 Å². The summed E-state index contributed by atoms with van der Waals surface area (Å²) in [4.78, 5) is 8.89. The van der Waals surface area contributed by atoms with E-state index in [4.69, 9.17) is 11.6 Å². The highest BCUT2D eigenvalue weighted by molar-refractivity contribution is 6.28. The predicted octanol–water partition coefficient (Wildman–Crippen LogP) is 3.14. The van der Waals surface area contributed by atoms with Crippen LogP contribution in [-0.4, -0.2) is 22.6 Å². The van der Waals surface area contributed by atoms with E-state index in [-0.39, 0.29) is 17.1 Å². The van der Waals surface area contributed by atoms with E-state index in [9.17, 15) is 13.2 Å². The first-order chi connectivity index (χ1) is 7.91. The Balaban J connectivity index is 2.36. The molecule has 1 heterocycles. The Hall–Kier alpha value is -1.04. The maximum Gasteiger partial charge on any atom is 0.433 e. The Labute approximate surface area is 102 Å². The van der Waals surface area contributed by atoms with Gasteiger partial charge < -0.3 is 4.90 Å². The second-order valence-corrected chi connectivity index (χ2v) is 4.23. The molecule has 1 saturated carbocycles. The van der Waals surface area contributed by atoms with E-state index in [1.807, 2.05) is 11.8 Å². The van der Waals surface area contributed by atoms with Gasteiger partial charge >= 0.3 is 6.18 Å². The van der Waals surface area contributed by atoms with Gasteiger partial charge in [0.2, 0.25) is 5.28 Å².